The Hall–Kier alpha value is -6.90. The van der Waals surface area contributed by atoms with Gasteiger partial charge in [-0.3, -0.25) is 0 Å². The van der Waals surface area contributed by atoms with Crippen LogP contribution in [0.3, 0.4) is 0 Å². The summed E-state index contributed by atoms with van der Waals surface area (Å²) in [6.07, 6.45) is 0. The van der Waals surface area contributed by atoms with Crippen LogP contribution in [0.2, 0.25) is 0 Å². The van der Waals surface area contributed by atoms with E-state index in [0.29, 0.717) is 0 Å². The highest BCUT2D eigenvalue weighted by Gasteiger charge is 2.22. The van der Waals surface area contributed by atoms with Gasteiger partial charge in [-0.2, -0.15) is 0 Å². The minimum Gasteiger partial charge on any atom is -0.452 e. The van der Waals surface area contributed by atoms with E-state index in [4.69, 9.17) is 8.83 Å². The Labute approximate surface area is 297 Å². The van der Waals surface area contributed by atoms with Crippen LogP contribution in [0.15, 0.2) is 179 Å². The summed E-state index contributed by atoms with van der Waals surface area (Å²) < 4.78 is 12.9. The van der Waals surface area contributed by atoms with E-state index < -0.39 is 0 Å². The molecule has 0 aliphatic heterocycles. The van der Waals surface area contributed by atoms with Crippen LogP contribution in [0.5, 0.6) is 0 Å². The molecule has 240 valence electrons. The Morgan fingerprint density at radius 3 is 1.44 bits per heavy atom. The molecule has 12 aromatic rings. The first kappa shape index (κ1) is 27.9. The SMILES string of the molecule is c1ccc2c(-c3c4ccccc4c(-c4ccc5oc6c(ccc7c8ccccc8oc76)c5c4)c4ccccc34)c3ccc4ccccc4c3cc2c1. The maximum Gasteiger partial charge on any atom is 0.178 e. The fraction of sp³-hybridized carbons (Fsp3) is 0. The molecule has 52 heavy (non-hydrogen) atoms. The van der Waals surface area contributed by atoms with Crippen LogP contribution < -0.4 is 0 Å². The Morgan fingerprint density at radius 1 is 0.250 bits per heavy atom. The van der Waals surface area contributed by atoms with Crippen molar-refractivity contribution < 1.29 is 8.83 Å². The molecule has 0 bridgehead atoms. The van der Waals surface area contributed by atoms with Crippen LogP contribution in [0.25, 0.3) is 120 Å². The van der Waals surface area contributed by atoms with Gasteiger partial charge in [0.2, 0.25) is 0 Å². The number of hydrogen-bond acceptors (Lipinski definition) is 2. The van der Waals surface area contributed by atoms with Crippen LogP contribution in [-0.4, -0.2) is 0 Å². The standard InChI is InChI=1S/C50H28O2/c1-3-13-32-29(11-1)21-23-39-42(32)27-30-12-2-4-14-33(30)47(39)48-37-18-7-5-16-35(37)46(36-17-6-8-19-38(36)48)31-22-26-45-43(28-31)41-25-24-40-34-15-9-10-20-44(34)51-49(40)50(41)52-45/h1-28H. The lowest BCUT2D eigenvalue weighted by molar-refractivity contribution is 0.633. The van der Waals surface area contributed by atoms with Gasteiger partial charge >= 0.3 is 0 Å². The second-order valence-electron chi connectivity index (χ2n) is 13.9. The summed E-state index contributed by atoms with van der Waals surface area (Å²) in [4.78, 5) is 0. The first-order valence-corrected chi connectivity index (χ1v) is 17.8. The average Bonchev–Trinajstić information content (AvgIpc) is 3.77. The van der Waals surface area contributed by atoms with Crippen molar-refractivity contribution in [1.82, 2.24) is 0 Å². The quantitative estimate of drug-likeness (QED) is 0.136. The van der Waals surface area contributed by atoms with E-state index in [1.807, 2.05) is 12.1 Å². The van der Waals surface area contributed by atoms with Crippen molar-refractivity contribution in [3.63, 3.8) is 0 Å². The monoisotopic (exact) mass is 660 g/mol. The van der Waals surface area contributed by atoms with Gasteiger partial charge in [0, 0.05) is 21.5 Å². The van der Waals surface area contributed by atoms with Crippen molar-refractivity contribution >= 4 is 97.7 Å². The molecule has 0 fully saturated rings. The molecule has 0 radical (unpaired) electrons. The van der Waals surface area contributed by atoms with Gasteiger partial charge in [-0.1, -0.05) is 133 Å². The highest BCUT2D eigenvalue weighted by molar-refractivity contribution is 6.29. The first-order valence-electron chi connectivity index (χ1n) is 17.8. The van der Waals surface area contributed by atoms with Crippen LogP contribution in [0.4, 0.5) is 0 Å². The maximum absolute atomic E-state index is 6.56. The molecule has 2 aromatic heterocycles. The molecule has 12 rings (SSSR count). The lowest BCUT2D eigenvalue weighted by atomic mass is 9.82. The molecule has 0 aliphatic rings. The third kappa shape index (κ3) is 3.73. The summed E-state index contributed by atoms with van der Waals surface area (Å²) in [6, 6.07) is 61.7. The molecule has 2 nitrogen and oxygen atoms in total. The molecule has 2 heteroatoms. The van der Waals surface area contributed by atoms with Gasteiger partial charge < -0.3 is 8.83 Å². The van der Waals surface area contributed by atoms with Crippen molar-refractivity contribution in [1.29, 1.82) is 0 Å². The fourth-order valence-corrected chi connectivity index (χ4v) is 8.97. The second kappa shape index (κ2) is 10.3. The summed E-state index contributed by atoms with van der Waals surface area (Å²) in [5.74, 6) is 0. The third-order valence-corrected chi connectivity index (χ3v) is 11.2. The number of furan rings is 2. The number of fused-ring (bicyclic) bond motifs is 13. The Kier molecular flexibility index (Phi) is 5.53. The zero-order valence-corrected chi connectivity index (χ0v) is 28.0. The molecule has 0 unspecified atom stereocenters. The molecule has 2 heterocycles. The van der Waals surface area contributed by atoms with E-state index in [1.54, 1.807) is 0 Å². The van der Waals surface area contributed by atoms with Crippen LogP contribution >= 0.6 is 0 Å². The van der Waals surface area contributed by atoms with Crippen molar-refractivity contribution in [3.05, 3.63) is 170 Å². The summed E-state index contributed by atoms with van der Waals surface area (Å²) in [7, 11) is 0. The molecule has 0 atom stereocenters. The smallest absolute Gasteiger partial charge is 0.178 e. The molecule has 0 amide bonds. The highest BCUT2D eigenvalue weighted by Crippen LogP contribution is 2.49. The summed E-state index contributed by atoms with van der Waals surface area (Å²) in [5.41, 5.74) is 8.26. The highest BCUT2D eigenvalue weighted by atomic mass is 16.4. The lowest BCUT2D eigenvalue weighted by Gasteiger charge is -2.21. The molecule has 10 aromatic carbocycles. The number of rotatable bonds is 2. The number of hydrogen-bond donors (Lipinski definition) is 0. The Balaban J connectivity index is 1.19. The maximum atomic E-state index is 6.56. The fourth-order valence-electron chi connectivity index (χ4n) is 8.97. The predicted octanol–water partition coefficient (Wildman–Crippen LogP) is 14.6. The molecule has 0 N–H and O–H groups in total. The lowest BCUT2D eigenvalue weighted by Crippen LogP contribution is -1.93. The van der Waals surface area contributed by atoms with E-state index in [9.17, 15) is 0 Å². The van der Waals surface area contributed by atoms with Gasteiger partial charge in [-0.05, 0) is 113 Å². The van der Waals surface area contributed by atoms with Crippen molar-refractivity contribution in [3.8, 4) is 22.3 Å². The van der Waals surface area contributed by atoms with Gasteiger partial charge in [-0.15, -0.1) is 0 Å². The average molecular weight is 661 g/mol. The first-order chi connectivity index (χ1) is 25.8. The van der Waals surface area contributed by atoms with Gasteiger partial charge in [0.1, 0.15) is 11.2 Å². The predicted molar refractivity (Wildman–Crippen MR) is 219 cm³/mol. The zero-order chi connectivity index (χ0) is 33.9. The minimum atomic E-state index is 0.793. The van der Waals surface area contributed by atoms with Crippen molar-refractivity contribution in [2.75, 3.05) is 0 Å². The topological polar surface area (TPSA) is 26.3 Å². The van der Waals surface area contributed by atoms with Gasteiger partial charge in [0.25, 0.3) is 0 Å². The van der Waals surface area contributed by atoms with E-state index in [0.717, 1.165) is 49.4 Å². The normalized spacial score (nSPS) is 12.2. The summed E-state index contributed by atoms with van der Waals surface area (Å²) in [6.45, 7) is 0. The van der Waals surface area contributed by atoms with E-state index >= 15 is 0 Å². The minimum absolute atomic E-state index is 0.793. The van der Waals surface area contributed by atoms with Crippen molar-refractivity contribution in [2.45, 2.75) is 0 Å². The Bertz CT molecular complexity index is 3410. The van der Waals surface area contributed by atoms with Crippen LogP contribution in [0.1, 0.15) is 0 Å². The molecule has 0 saturated carbocycles. The van der Waals surface area contributed by atoms with E-state index in [-0.39, 0.29) is 0 Å². The largest absolute Gasteiger partial charge is 0.452 e. The van der Waals surface area contributed by atoms with Gasteiger partial charge in [-0.25, -0.2) is 0 Å². The van der Waals surface area contributed by atoms with Crippen LogP contribution in [-0.2, 0) is 0 Å². The Morgan fingerprint density at radius 2 is 0.731 bits per heavy atom. The molecular weight excluding hydrogens is 633 g/mol. The molecule has 0 spiro atoms. The molecule has 0 aliphatic carbocycles. The number of benzene rings is 10. The van der Waals surface area contributed by atoms with Gasteiger partial charge in [0.15, 0.2) is 11.2 Å². The van der Waals surface area contributed by atoms with E-state index in [2.05, 4.69) is 158 Å². The van der Waals surface area contributed by atoms with Crippen molar-refractivity contribution in [2.24, 2.45) is 0 Å². The second-order valence-corrected chi connectivity index (χ2v) is 13.9. The summed E-state index contributed by atoms with van der Waals surface area (Å²) >= 11 is 0. The zero-order valence-electron chi connectivity index (χ0n) is 28.0. The van der Waals surface area contributed by atoms with Gasteiger partial charge in [0.05, 0.1) is 0 Å². The van der Waals surface area contributed by atoms with Crippen LogP contribution in [0, 0.1) is 0 Å². The van der Waals surface area contributed by atoms with E-state index in [1.165, 1.54) is 70.6 Å². The number of para-hydroxylation sites is 1. The molecular formula is C50H28O2. The molecule has 0 saturated heterocycles. The third-order valence-electron chi connectivity index (χ3n) is 11.2. The summed E-state index contributed by atoms with van der Waals surface area (Å²) in [5, 5.41) is 16.8.